The molecule has 3 unspecified atom stereocenters. The first-order valence-electron chi connectivity index (χ1n) is 8.17. The second kappa shape index (κ2) is 7.75. The second-order valence-electron chi connectivity index (χ2n) is 6.35. The van der Waals surface area contributed by atoms with Crippen molar-refractivity contribution in [2.75, 3.05) is 6.61 Å². The maximum Gasteiger partial charge on any atom is 0.336 e. The van der Waals surface area contributed by atoms with Crippen molar-refractivity contribution >= 4 is 21.3 Å². The molecule has 1 aliphatic heterocycles. The van der Waals surface area contributed by atoms with Gasteiger partial charge in [0.05, 0.1) is 6.61 Å². The molecule has 0 saturated carbocycles. The van der Waals surface area contributed by atoms with E-state index in [1.54, 1.807) is 17.7 Å². The summed E-state index contributed by atoms with van der Waals surface area (Å²) in [6.07, 6.45) is -6.17. The highest BCUT2D eigenvalue weighted by molar-refractivity contribution is 7.83. The van der Waals surface area contributed by atoms with Crippen molar-refractivity contribution in [3.05, 3.63) is 40.2 Å². The molecule has 1 fully saturated rings. The molecule has 1 aromatic carbocycles. The summed E-state index contributed by atoms with van der Waals surface area (Å²) in [5.41, 5.74) is 0.314. The number of ether oxygens (including phenoxy) is 2. The van der Waals surface area contributed by atoms with Crippen LogP contribution in [0, 0.1) is 6.92 Å². The Morgan fingerprint density at radius 3 is 2.57 bits per heavy atom. The minimum absolute atomic E-state index is 0.0914. The van der Waals surface area contributed by atoms with Crippen LogP contribution < -0.4 is 15.1 Å². The smallest absolute Gasteiger partial charge is 0.336 e. The van der Waals surface area contributed by atoms with Crippen LogP contribution in [0.2, 0.25) is 0 Å². The molecule has 0 aliphatic carbocycles. The lowest BCUT2D eigenvalue weighted by molar-refractivity contribution is -0.242. The monoisotopic (exact) mass is 417 g/mol. The van der Waals surface area contributed by atoms with Crippen LogP contribution in [0.15, 0.2) is 33.5 Å². The second-order valence-corrected chi connectivity index (χ2v) is 7.54. The Bertz CT molecular complexity index is 1020. The minimum Gasteiger partial charge on any atom is -0.463 e. The molecule has 2 heterocycles. The van der Waals surface area contributed by atoms with Crippen LogP contribution in [0.1, 0.15) is 5.56 Å². The number of nitrogens with one attached hydrogen (secondary N) is 1. The zero-order chi connectivity index (χ0) is 20.6. The third-order valence-corrected chi connectivity index (χ3v) is 4.91. The first-order valence-corrected chi connectivity index (χ1v) is 9.61. The predicted molar refractivity (Wildman–Crippen MR) is 94.1 cm³/mol. The zero-order valence-corrected chi connectivity index (χ0v) is 15.4. The third kappa shape index (κ3) is 4.33. The largest absolute Gasteiger partial charge is 0.463 e. The molecule has 0 bridgehead atoms. The van der Waals surface area contributed by atoms with E-state index in [9.17, 15) is 28.5 Å². The van der Waals surface area contributed by atoms with Crippen molar-refractivity contribution in [1.82, 2.24) is 4.72 Å². The molecule has 1 aliphatic rings. The van der Waals surface area contributed by atoms with Gasteiger partial charge in [0.1, 0.15) is 35.7 Å². The van der Waals surface area contributed by atoms with Gasteiger partial charge in [-0.25, -0.2) is 4.79 Å². The molecule has 5 N–H and O–H groups in total. The van der Waals surface area contributed by atoms with Crippen molar-refractivity contribution in [3.63, 3.8) is 0 Å². The van der Waals surface area contributed by atoms with Crippen LogP contribution in [0.5, 0.6) is 5.75 Å². The Kier molecular flexibility index (Phi) is 5.72. The van der Waals surface area contributed by atoms with Gasteiger partial charge in [-0.3, -0.25) is 4.55 Å². The summed E-state index contributed by atoms with van der Waals surface area (Å²) < 4.78 is 49.1. The van der Waals surface area contributed by atoms with Gasteiger partial charge in [0.25, 0.3) is 0 Å². The lowest BCUT2D eigenvalue weighted by Crippen LogP contribution is -2.65. The van der Waals surface area contributed by atoms with Gasteiger partial charge in [-0.2, -0.15) is 13.1 Å². The van der Waals surface area contributed by atoms with E-state index in [1.165, 1.54) is 18.2 Å². The van der Waals surface area contributed by atoms with E-state index in [1.807, 2.05) is 0 Å². The molecule has 0 spiro atoms. The number of aryl methyl sites for hydroxylation is 1. The quantitative estimate of drug-likeness (QED) is 0.290. The van der Waals surface area contributed by atoms with Gasteiger partial charge in [-0.1, -0.05) is 0 Å². The van der Waals surface area contributed by atoms with Gasteiger partial charge in [0, 0.05) is 17.5 Å². The lowest BCUT2D eigenvalue weighted by atomic mass is 9.98. The maximum absolute atomic E-state index is 11.5. The topological polar surface area (TPSA) is 176 Å². The van der Waals surface area contributed by atoms with Gasteiger partial charge in [0.15, 0.2) is 0 Å². The van der Waals surface area contributed by atoms with Crippen LogP contribution in [0.25, 0.3) is 11.0 Å². The summed E-state index contributed by atoms with van der Waals surface area (Å²) in [4.78, 5) is 11.5. The van der Waals surface area contributed by atoms with Crippen molar-refractivity contribution in [2.24, 2.45) is 0 Å². The number of aliphatic hydroxyl groups excluding tert-OH is 3. The number of fused-ring (bicyclic) bond motifs is 1. The van der Waals surface area contributed by atoms with Crippen LogP contribution in [0.4, 0.5) is 0 Å². The van der Waals surface area contributed by atoms with Gasteiger partial charge < -0.3 is 29.2 Å². The third-order valence-electron chi connectivity index (χ3n) is 4.34. The fraction of sp³-hybridized carbons (Fsp3) is 0.438. The molecule has 154 valence electrons. The maximum atomic E-state index is 11.5. The summed E-state index contributed by atoms with van der Waals surface area (Å²) in [5, 5.41) is 30.1. The molecule has 1 aromatic heterocycles. The molecule has 12 heteroatoms. The number of rotatable bonds is 5. The van der Waals surface area contributed by atoms with E-state index in [0.717, 1.165) is 0 Å². The fourth-order valence-electron chi connectivity index (χ4n) is 2.99. The molecule has 11 nitrogen and oxygen atoms in total. The van der Waals surface area contributed by atoms with E-state index in [-0.39, 0.29) is 11.3 Å². The average Bonchev–Trinajstić information content (AvgIpc) is 2.59. The Morgan fingerprint density at radius 2 is 1.93 bits per heavy atom. The SMILES string of the molecule is Cc1cc(=O)oc2cc(O[C@H]3OC(CO)[C@@H](O)C(O)C3NS(=O)(=O)O)ccc12. The molecule has 0 radical (unpaired) electrons. The summed E-state index contributed by atoms with van der Waals surface area (Å²) in [6, 6.07) is 4.19. The molecule has 5 atom stereocenters. The Hall–Kier alpha value is -2.06. The molecule has 28 heavy (non-hydrogen) atoms. The average molecular weight is 417 g/mol. The highest BCUT2D eigenvalue weighted by Gasteiger charge is 2.47. The van der Waals surface area contributed by atoms with Crippen LogP contribution in [-0.4, -0.2) is 65.5 Å². The number of aliphatic hydroxyl groups is 3. The van der Waals surface area contributed by atoms with Gasteiger partial charge in [-0.05, 0) is 24.6 Å². The van der Waals surface area contributed by atoms with E-state index < -0.39 is 53.2 Å². The van der Waals surface area contributed by atoms with Crippen molar-refractivity contribution in [2.45, 2.75) is 37.6 Å². The van der Waals surface area contributed by atoms with E-state index in [2.05, 4.69) is 0 Å². The van der Waals surface area contributed by atoms with Gasteiger partial charge in [0.2, 0.25) is 6.29 Å². The van der Waals surface area contributed by atoms with Crippen LogP contribution >= 0.6 is 0 Å². The molecule has 3 rings (SSSR count). The van der Waals surface area contributed by atoms with Crippen molar-refractivity contribution < 1.29 is 42.2 Å². The summed E-state index contributed by atoms with van der Waals surface area (Å²) >= 11 is 0. The first kappa shape index (κ1) is 20.7. The molecule has 1 saturated heterocycles. The van der Waals surface area contributed by atoms with Crippen LogP contribution in [-0.2, 0) is 15.0 Å². The van der Waals surface area contributed by atoms with Gasteiger partial charge in [-0.15, -0.1) is 0 Å². The van der Waals surface area contributed by atoms with Gasteiger partial charge >= 0.3 is 15.9 Å². The standard InChI is InChI=1S/C16H19NO10S/c1-7-4-12(19)26-10-5-8(2-3-9(7)10)25-16-13(17-28(22,23)24)15(21)14(20)11(6-18)27-16/h2-5,11,13-18,20-21H,6H2,1H3,(H,22,23,24)/t11?,13?,14-,15?,16+/m1/s1. The molecular weight excluding hydrogens is 398 g/mol. The van der Waals surface area contributed by atoms with Crippen molar-refractivity contribution in [1.29, 1.82) is 0 Å². The predicted octanol–water partition coefficient (Wildman–Crippen LogP) is -1.32. The Labute approximate surface area is 159 Å². The highest BCUT2D eigenvalue weighted by Crippen LogP contribution is 2.27. The minimum atomic E-state index is -4.78. The normalized spacial score (nSPS) is 28.4. The summed E-state index contributed by atoms with van der Waals surface area (Å²) in [6.45, 7) is 1.04. The molecule has 0 amide bonds. The van der Waals surface area contributed by atoms with Crippen LogP contribution in [0.3, 0.4) is 0 Å². The zero-order valence-electron chi connectivity index (χ0n) is 14.5. The Morgan fingerprint density at radius 1 is 1.21 bits per heavy atom. The lowest BCUT2D eigenvalue weighted by Gasteiger charge is -2.41. The van der Waals surface area contributed by atoms with E-state index in [0.29, 0.717) is 10.9 Å². The number of hydrogen-bond acceptors (Lipinski definition) is 9. The summed E-state index contributed by atoms with van der Waals surface area (Å²) in [5.74, 6) is 0.0914. The Balaban J connectivity index is 1.94. The van der Waals surface area contributed by atoms with Crippen molar-refractivity contribution in [3.8, 4) is 5.75 Å². The summed E-state index contributed by atoms with van der Waals surface area (Å²) in [7, 11) is -4.78. The highest BCUT2D eigenvalue weighted by atomic mass is 32.2. The molecular formula is C16H19NO10S. The molecule has 2 aromatic rings. The first-order chi connectivity index (χ1) is 13.1. The fourth-order valence-corrected chi connectivity index (χ4v) is 3.59. The number of benzene rings is 1. The number of hydrogen-bond donors (Lipinski definition) is 5. The van der Waals surface area contributed by atoms with E-state index in [4.69, 9.17) is 18.4 Å². The van der Waals surface area contributed by atoms with E-state index >= 15 is 0 Å².